The lowest BCUT2D eigenvalue weighted by Crippen LogP contribution is -2.60. The smallest absolute Gasteiger partial charge is 0.279 e. The fourth-order valence-electron chi connectivity index (χ4n) is 5.70. The SMILES string of the molecule is O=S(=O)(NC1CCN(c2cccnn2)CC1CO[C@H]1CC[C@@H](c2cccc(F)c2)CC1)N1CC(C(F)F)C1. The highest BCUT2D eigenvalue weighted by Gasteiger charge is 2.43. The Balaban J connectivity index is 1.20. The lowest BCUT2D eigenvalue weighted by atomic mass is 9.82. The monoisotopic (exact) mass is 553 g/mol. The summed E-state index contributed by atoms with van der Waals surface area (Å²) in [6.45, 7) is 1.15. The number of hydrogen-bond acceptors (Lipinski definition) is 6. The Morgan fingerprint density at radius 1 is 1.05 bits per heavy atom. The summed E-state index contributed by atoms with van der Waals surface area (Å²) in [6, 6.07) is 10.1. The molecule has 12 heteroatoms. The molecule has 1 saturated carbocycles. The fourth-order valence-corrected chi connectivity index (χ4v) is 7.32. The van der Waals surface area contributed by atoms with Crippen LogP contribution in [-0.4, -0.2) is 74.3 Å². The normalized spacial score (nSPS) is 27.4. The minimum Gasteiger partial charge on any atom is -0.378 e. The molecule has 0 spiro atoms. The second-order valence-electron chi connectivity index (χ2n) is 10.6. The molecule has 3 fully saturated rings. The molecular weight excluding hydrogens is 519 g/mol. The van der Waals surface area contributed by atoms with Crippen LogP contribution >= 0.6 is 0 Å². The molecule has 8 nitrogen and oxygen atoms in total. The molecule has 208 valence electrons. The molecule has 3 heterocycles. The highest BCUT2D eigenvalue weighted by atomic mass is 32.2. The van der Waals surface area contributed by atoms with Crippen molar-refractivity contribution >= 4 is 16.0 Å². The number of nitrogens with one attached hydrogen (secondary N) is 1. The number of aromatic nitrogens is 2. The Morgan fingerprint density at radius 3 is 2.53 bits per heavy atom. The number of halogens is 3. The molecule has 0 radical (unpaired) electrons. The van der Waals surface area contributed by atoms with E-state index in [4.69, 9.17) is 4.74 Å². The van der Waals surface area contributed by atoms with Crippen molar-refractivity contribution in [2.45, 2.75) is 56.6 Å². The van der Waals surface area contributed by atoms with Crippen LogP contribution in [0.4, 0.5) is 19.0 Å². The first-order valence-electron chi connectivity index (χ1n) is 13.2. The van der Waals surface area contributed by atoms with Crippen LogP contribution in [0, 0.1) is 17.7 Å². The number of rotatable bonds is 9. The third-order valence-corrected chi connectivity index (χ3v) is 9.61. The summed E-state index contributed by atoms with van der Waals surface area (Å²) in [6.07, 6.45) is 3.16. The van der Waals surface area contributed by atoms with Crippen LogP contribution in [0.5, 0.6) is 0 Å². The summed E-state index contributed by atoms with van der Waals surface area (Å²) >= 11 is 0. The highest BCUT2D eigenvalue weighted by molar-refractivity contribution is 7.87. The maximum Gasteiger partial charge on any atom is 0.279 e. The van der Waals surface area contributed by atoms with Gasteiger partial charge in [0.1, 0.15) is 5.82 Å². The van der Waals surface area contributed by atoms with E-state index in [1.807, 2.05) is 18.2 Å². The fraction of sp³-hybridized carbons (Fsp3) is 0.615. The summed E-state index contributed by atoms with van der Waals surface area (Å²) < 4.78 is 75.4. The van der Waals surface area contributed by atoms with Gasteiger partial charge in [-0.05, 0) is 67.9 Å². The lowest BCUT2D eigenvalue weighted by Gasteiger charge is -2.42. The molecule has 38 heavy (non-hydrogen) atoms. The van der Waals surface area contributed by atoms with Crippen LogP contribution in [0.1, 0.15) is 43.6 Å². The van der Waals surface area contributed by atoms with E-state index in [1.54, 1.807) is 18.3 Å². The number of alkyl halides is 2. The summed E-state index contributed by atoms with van der Waals surface area (Å²) in [4.78, 5) is 2.07. The van der Waals surface area contributed by atoms with Gasteiger partial charge in [-0.3, -0.25) is 0 Å². The van der Waals surface area contributed by atoms with Gasteiger partial charge in [-0.2, -0.15) is 22.5 Å². The van der Waals surface area contributed by atoms with E-state index in [0.29, 0.717) is 32.0 Å². The van der Waals surface area contributed by atoms with Gasteiger partial charge in [-0.15, -0.1) is 5.10 Å². The van der Waals surface area contributed by atoms with E-state index in [0.717, 1.165) is 41.4 Å². The van der Waals surface area contributed by atoms with Gasteiger partial charge in [0, 0.05) is 50.3 Å². The summed E-state index contributed by atoms with van der Waals surface area (Å²) in [5, 5.41) is 8.15. The summed E-state index contributed by atoms with van der Waals surface area (Å²) in [5.41, 5.74) is 1.02. The van der Waals surface area contributed by atoms with E-state index < -0.39 is 22.6 Å². The predicted octanol–water partition coefficient (Wildman–Crippen LogP) is 3.58. The van der Waals surface area contributed by atoms with Crippen molar-refractivity contribution in [3.63, 3.8) is 0 Å². The lowest BCUT2D eigenvalue weighted by molar-refractivity contribution is -0.00310. The van der Waals surface area contributed by atoms with Crippen molar-refractivity contribution in [2.24, 2.45) is 11.8 Å². The zero-order valence-electron chi connectivity index (χ0n) is 21.1. The minimum atomic E-state index is -3.87. The molecule has 2 aromatic rings. The standard InChI is InChI=1S/C26H34F3N5O3S/c27-22-4-1-3-19(13-22)18-6-8-23(9-7-18)37-17-21-14-33(25-5-2-11-30-31-25)12-10-24(21)32-38(35,36)34-15-20(16-34)26(28)29/h1-5,11,13,18,20-21,23-24,26,32H,6-10,12,14-17H2/t18-,21?,23+,24?. The van der Waals surface area contributed by atoms with Gasteiger partial charge in [-0.25, -0.2) is 13.2 Å². The van der Waals surface area contributed by atoms with Crippen LogP contribution in [0.2, 0.25) is 0 Å². The first-order chi connectivity index (χ1) is 18.3. The molecular formula is C26H34F3N5O3S. The number of ether oxygens (including phenoxy) is 1. The van der Waals surface area contributed by atoms with Crippen molar-refractivity contribution < 1.29 is 26.3 Å². The number of benzene rings is 1. The average Bonchev–Trinajstić information content (AvgIpc) is 2.87. The molecule has 0 amide bonds. The number of nitrogens with zero attached hydrogens (tertiary/aromatic N) is 4. The van der Waals surface area contributed by atoms with Crippen LogP contribution in [0.3, 0.4) is 0 Å². The quantitative estimate of drug-likeness (QED) is 0.511. The second-order valence-corrected chi connectivity index (χ2v) is 12.3. The average molecular weight is 554 g/mol. The van der Waals surface area contributed by atoms with Crippen LogP contribution in [0.25, 0.3) is 0 Å². The largest absolute Gasteiger partial charge is 0.378 e. The predicted molar refractivity (Wildman–Crippen MR) is 137 cm³/mol. The minimum absolute atomic E-state index is 0.0474. The Hall–Kier alpha value is -2.28. The Kier molecular flexibility index (Phi) is 8.51. The van der Waals surface area contributed by atoms with Gasteiger partial charge in [0.15, 0.2) is 5.82 Å². The topological polar surface area (TPSA) is 87.7 Å². The van der Waals surface area contributed by atoms with Gasteiger partial charge < -0.3 is 9.64 Å². The summed E-state index contributed by atoms with van der Waals surface area (Å²) in [5.74, 6) is -0.264. The first kappa shape index (κ1) is 27.3. The second kappa shape index (κ2) is 11.8. The van der Waals surface area contributed by atoms with Gasteiger partial charge >= 0.3 is 0 Å². The van der Waals surface area contributed by atoms with Crippen molar-refractivity contribution in [3.8, 4) is 0 Å². The maximum absolute atomic E-state index is 13.6. The van der Waals surface area contributed by atoms with Crippen molar-refractivity contribution in [1.29, 1.82) is 0 Å². The Morgan fingerprint density at radius 2 is 1.84 bits per heavy atom. The zero-order valence-corrected chi connectivity index (χ0v) is 21.9. The molecule has 1 aromatic heterocycles. The van der Waals surface area contributed by atoms with Gasteiger partial charge in [0.05, 0.1) is 12.7 Å². The van der Waals surface area contributed by atoms with Crippen LogP contribution < -0.4 is 9.62 Å². The Labute approximate surface area is 221 Å². The van der Waals surface area contributed by atoms with Gasteiger partial charge in [0.2, 0.25) is 6.43 Å². The van der Waals surface area contributed by atoms with E-state index in [1.165, 1.54) is 6.07 Å². The third kappa shape index (κ3) is 6.47. The van der Waals surface area contributed by atoms with E-state index in [9.17, 15) is 21.6 Å². The van der Waals surface area contributed by atoms with E-state index in [-0.39, 0.29) is 37.0 Å². The number of piperidine rings is 1. The molecule has 2 unspecified atom stereocenters. The van der Waals surface area contributed by atoms with Crippen LogP contribution in [0.15, 0.2) is 42.6 Å². The van der Waals surface area contributed by atoms with Gasteiger partial charge in [-0.1, -0.05) is 12.1 Å². The Bertz CT molecular complexity index is 1160. The van der Waals surface area contributed by atoms with Gasteiger partial charge in [0.25, 0.3) is 10.2 Å². The zero-order chi connectivity index (χ0) is 26.7. The molecule has 2 atom stereocenters. The molecule has 2 saturated heterocycles. The van der Waals surface area contributed by atoms with E-state index in [2.05, 4.69) is 19.8 Å². The third-order valence-electron chi connectivity index (χ3n) is 8.03. The molecule has 1 N–H and O–H groups in total. The molecule has 1 aliphatic carbocycles. The van der Waals surface area contributed by atoms with Crippen molar-refractivity contribution in [1.82, 2.24) is 19.2 Å². The first-order valence-corrected chi connectivity index (χ1v) is 14.7. The summed E-state index contributed by atoms with van der Waals surface area (Å²) in [7, 11) is -3.87. The van der Waals surface area contributed by atoms with E-state index >= 15 is 0 Å². The number of hydrogen-bond donors (Lipinski definition) is 1. The van der Waals surface area contributed by atoms with Crippen molar-refractivity contribution in [3.05, 3.63) is 54.0 Å². The molecule has 3 aliphatic rings. The highest BCUT2D eigenvalue weighted by Crippen LogP contribution is 2.35. The molecule has 5 rings (SSSR count). The molecule has 2 aliphatic heterocycles. The molecule has 1 aromatic carbocycles. The maximum atomic E-state index is 13.6. The number of anilines is 1. The van der Waals surface area contributed by atoms with Crippen molar-refractivity contribution in [2.75, 3.05) is 37.7 Å². The van der Waals surface area contributed by atoms with Crippen LogP contribution in [-0.2, 0) is 14.9 Å². The molecule has 0 bridgehead atoms.